The lowest BCUT2D eigenvalue weighted by Gasteiger charge is -2.31. The Balaban J connectivity index is 2.04. The first-order valence-corrected chi connectivity index (χ1v) is 7.21. The van der Waals surface area contributed by atoms with E-state index < -0.39 is 5.54 Å². The van der Waals surface area contributed by atoms with Crippen molar-refractivity contribution in [2.75, 3.05) is 0 Å². The summed E-state index contributed by atoms with van der Waals surface area (Å²) in [7, 11) is 0. The Hall–Kier alpha value is -1.78. The van der Waals surface area contributed by atoms with Crippen LogP contribution in [0.5, 0.6) is 0 Å². The number of nitrogens with one attached hydrogen (secondary N) is 2. The number of carbonyl (C=O) groups excluding carboxylic acids is 1. The minimum Gasteiger partial charge on any atom is -0.329 e. The number of pyridine rings is 1. The molecule has 1 aromatic heterocycles. The molecule has 4 nitrogen and oxygen atoms in total. The number of hydrogen-bond donors (Lipinski definition) is 2. The van der Waals surface area contributed by atoms with E-state index in [1.54, 1.807) is 12.3 Å². The van der Waals surface area contributed by atoms with Gasteiger partial charge in [0, 0.05) is 11.2 Å². The van der Waals surface area contributed by atoms with E-state index in [-0.39, 0.29) is 12.1 Å². The zero-order valence-corrected chi connectivity index (χ0v) is 12.7. The summed E-state index contributed by atoms with van der Waals surface area (Å²) in [5, 5.41) is 6.98. The Morgan fingerprint density at radius 3 is 2.48 bits per heavy atom. The molecule has 2 aromatic rings. The van der Waals surface area contributed by atoms with Crippen molar-refractivity contribution in [3.05, 3.63) is 63.9 Å². The normalized spacial score (nSPS) is 24.5. The van der Waals surface area contributed by atoms with E-state index in [1.165, 1.54) is 0 Å². The summed E-state index contributed by atoms with van der Waals surface area (Å²) >= 11 is 11.8. The van der Waals surface area contributed by atoms with Gasteiger partial charge in [0.2, 0.25) is 0 Å². The maximum absolute atomic E-state index is 11.9. The van der Waals surface area contributed by atoms with Crippen LogP contribution in [0.15, 0.2) is 42.6 Å². The fourth-order valence-electron chi connectivity index (χ4n) is 2.63. The molecule has 2 heterocycles. The molecule has 1 saturated heterocycles. The zero-order chi connectivity index (χ0) is 15.0. The van der Waals surface area contributed by atoms with Crippen molar-refractivity contribution in [1.29, 1.82) is 0 Å². The van der Waals surface area contributed by atoms with Gasteiger partial charge < -0.3 is 10.6 Å². The summed E-state index contributed by atoms with van der Waals surface area (Å²) in [5.74, 6) is 0. The highest BCUT2D eigenvalue weighted by Gasteiger charge is 2.44. The maximum atomic E-state index is 11.9. The van der Waals surface area contributed by atoms with Crippen molar-refractivity contribution < 1.29 is 4.79 Å². The molecular formula is C15H13Cl2N3O. The second kappa shape index (κ2) is 5.20. The van der Waals surface area contributed by atoms with Crippen LogP contribution >= 0.6 is 23.2 Å². The van der Waals surface area contributed by atoms with Crippen LogP contribution in [0.2, 0.25) is 10.2 Å². The van der Waals surface area contributed by atoms with E-state index in [0.29, 0.717) is 10.2 Å². The first kappa shape index (κ1) is 14.2. The van der Waals surface area contributed by atoms with Crippen molar-refractivity contribution in [2.45, 2.75) is 18.5 Å². The van der Waals surface area contributed by atoms with Crippen molar-refractivity contribution in [3.8, 4) is 0 Å². The predicted octanol–water partition coefficient (Wildman–Crippen LogP) is 3.66. The van der Waals surface area contributed by atoms with Crippen LogP contribution in [0, 0.1) is 0 Å². The molecule has 2 N–H and O–H groups in total. The SMILES string of the molecule is C[C@@]1(c2ccc(Cl)cc2)NC(=O)N[C@H]1c1ccc(Cl)nc1. The van der Waals surface area contributed by atoms with Crippen LogP contribution < -0.4 is 10.6 Å². The van der Waals surface area contributed by atoms with E-state index in [1.807, 2.05) is 37.3 Å². The number of halogens is 2. The number of aromatic nitrogens is 1. The quantitative estimate of drug-likeness (QED) is 0.829. The molecule has 2 amide bonds. The fraction of sp³-hybridized carbons (Fsp3) is 0.200. The standard InChI is InChI=1S/C15H13Cl2N3O/c1-15(10-3-5-11(16)6-4-10)13(19-14(21)20-15)9-2-7-12(17)18-8-9/h2-8,13H,1H3,(H2,19,20,21)/t13-,15-/m0/s1. The molecule has 3 rings (SSSR count). The van der Waals surface area contributed by atoms with E-state index in [0.717, 1.165) is 11.1 Å². The second-order valence-corrected chi connectivity index (χ2v) is 5.98. The van der Waals surface area contributed by atoms with Crippen LogP contribution in [0.25, 0.3) is 0 Å². The van der Waals surface area contributed by atoms with E-state index in [4.69, 9.17) is 23.2 Å². The van der Waals surface area contributed by atoms with Gasteiger partial charge in [-0.05, 0) is 36.2 Å². The monoisotopic (exact) mass is 321 g/mol. The van der Waals surface area contributed by atoms with Gasteiger partial charge in [-0.3, -0.25) is 0 Å². The average molecular weight is 322 g/mol. The largest absolute Gasteiger partial charge is 0.329 e. The number of carbonyl (C=O) groups is 1. The number of nitrogens with zero attached hydrogens (tertiary/aromatic N) is 1. The van der Waals surface area contributed by atoms with E-state index in [2.05, 4.69) is 15.6 Å². The molecule has 1 aromatic carbocycles. The molecule has 0 bridgehead atoms. The molecule has 21 heavy (non-hydrogen) atoms. The Kier molecular flexibility index (Phi) is 3.51. The second-order valence-electron chi connectivity index (χ2n) is 5.15. The van der Waals surface area contributed by atoms with Crippen LogP contribution in [-0.4, -0.2) is 11.0 Å². The zero-order valence-electron chi connectivity index (χ0n) is 11.2. The van der Waals surface area contributed by atoms with Gasteiger partial charge in [-0.2, -0.15) is 0 Å². The Labute approximate surface area is 132 Å². The summed E-state index contributed by atoms with van der Waals surface area (Å²) in [5.41, 5.74) is 1.26. The summed E-state index contributed by atoms with van der Waals surface area (Å²) in [6.45, 7) is 1.97. The predicted molar refractivity (Wildman–Crippen MR) is 82.5 cm³/mol. The highest BCUT2D eigenvalue weighted by atomic mass is 35.5. The van der Waals surface area contributed by atoms with Gasteiger partial charge in [0.15, 0.2) is 0 Å². The van der Waals surface area contributed by atoms with Gasteiger partial charge >= 0.3 is 6.03 Å². The van der Waals surface area contributed by atoms with Crippen LogP contribution in [0.4, 0.5) is 4.79 Å². The first-order valence-electron chi connectivity index (χ1n) is 6.45. The molecule has 0 radical (unpaired) electrons. The summed E-state index contributed by atoms with van der Waals surface area (Å²) < 4.78 is 0. The third-order valence-corrected chi connectivity index (χ3v) is 4.23. The molecule has 0 saturated carbocycles. The molecule has 1 fully saturated rings. The van der Waals surface area contributed by atoms with Crippen molar-refractivity contribution >= 4 is 29.2 Å². The molecule has 108 valence electrons. The summed E-state index contributed by atoms with van der Waals surface area (Å²) in [6.07, 6.45) is 1.68. The third-order valence-electron chi connectivity index (χ3n) is 3.75. The smallest absolute Gasteiger partial charge is 0.316 e. The lowest BCUT2D eigenvalue weighted by Crippen LogP contribution is -2.39. The van der Waals surface area contributed by atoms with Gasteiger partial charge in [-0.25, -0.2) is 9.78 Å². The molecule has 6 heteroatoms. The Morgan fingerprint density at radius 2 is 1.86 bits per heavy atom. The molecule has 1 aliphatic rings. The van der Waals surface area contributed by atoms with Gasteiger partial charge in [-0.1, -0.05) is 41.4 Å². The fourth-order valence-corrected chi connectivity index (χ4v) is 2.87. The van der Waals surface area contributed by atoms with Gasteiger partial charge in [0.05, 0.1) is 11.6 Å². The lowest BCUT2D eigenvalue weighted by molar-refractivity contribution is 0.245. The van der Waals surface area contributed by atoms with E-state index >= 15 is 0 Å². The Morgan fingerprint density at radius 1 is 1.14 bits per heavy atom. The topological polar surface area (TPSA) is 54.0 Å². The minimum absolute atomic E-state index is 0.215. The highest BCUT2D eigenvalue weighted by molar-refractivity contribution is 6.30. The number of amides is 2. The number of hydrogen-bond acceptors (Lipinski definition) is 2. The van der Waals surface area contributed by atoms with Gasteiger partial charge in [0.1, 0.15) is 5.15 Å². The maximum Gasteiger partial charge on any atom is 0.316 e. The minimum atomic E-state index is -0.586. The van der Waals surface area contributed by atoms with Gasteiger partial charge in [-0.15, -0.1) is 0 Å². The van der Waals surface area contributed by atoms with Crippen molar-refractivity contribution in [3.63, 3.8) is 0 Å². The van der Waals surface area contributed by atoms with Crippen LogP contribution in [0.3, 0.4) is 0 Å². The first-order chi connectivity index (χ1) is 9.99. The molecule has 1 aliphatic heterocycles. The van der Waals surface area contributed by atoms with Gasteiger partial charge in [0.25, 0.3) is 0 Å². The molecule has 0 spiro atoms. The lowest BCUT2D eigenvalue weighted by atomic mass is 9.83. The summed E-state index contributed by atoms with van der Waals surface area (Å²) in [4.78, 5) is 15.9. The third kappa shape index (κ3) is 2.57. The molecular weight excluding hydrogens is 309 g/mol. The van der Waals surface area contributed by atoms with Crippen LogP contribution in [-0.2, 0) is 5.54 Å². The number of benzene rings is 1. The molecule has 0 aliphatic carbocycles. The summed E-state index contributed by atoms with van der Waals surface area (Å²) in [6, 6.07) is 10.6. The molecule has 0 unspecified atom stereocenters. The molecule has 2 atom stereocenters. The highest BCUT2D eigenvalue weighted by Crippen LogP contribution is 2.38. The van der Waals surface area contributed by atoms with Crippen molar-refractivity contribution in [1.82, 2.24) is 15.6 Å². The number of urea groups is 1. The average Bonchev–Trinajstić information content (AvgIpc) is 2.76. The van der Waals surface area contributed by atoms with Crippen LogP contribution in [0.1, 0.15) is 24.1 Å². The number of rotatable bonds is 2. The Bertz CT molecular complexity index is 672. The van der Waals surface area contributed by atoms with E-state index in [9.17, 15) is 4.79 Å². The van der Waals surface area contributed by atoms with Crippen molar-refractivity contribution in [2.24, 2.45) is 0 Å².